The summed E-state index contributed by atoms with van der Waals surface area (Å²) >= 11 is 0. The first-order valence-electron chi connectivity index (χ1n) is 20.6. The zero-order valence-electron chi connectivity index (χ0n) is 36.0. The molecule has 0 aromatic heterocycles. The van der Waals surface area contributed by atoms with Gasteiger partial charge in [0, 0.05) is 11.4 Å². The average Bonchev–Trinajstić information content (AvgIpc) is 3.22. The fraction of sp³-hybridized carbons (Fsp3) is 0.250. The highest BCUT2D eigenvalue weighted by atomic mass is 14.9. The predicted molar refractivity (Wildman–Crippen MR) is 254 cm³/mol. The lowest BCUT2D eigenvalue weighted by Crippen LogP contribution is -2.10. The molecule has 0 radical (unpaired) electrons. The molecular weight excluding hydrogens is 687 g/mol. The highest BCUT2D eigenvalue weighted by Crippen LogP contribution is 2.33. The Labute approximate surface area is 343 Å². The van der Waals surface area contributed by atoms with Crippen LogP contribution in [-0.4, -0.2) is 0 Å². The first-order chi connectivity index (χ1) is 27.2. The number of rotatable bonds is 4. The van der Waals surface area contributed by atoms with Crippen LogP contribution in [0.5, 0.6) is 0 Å². The largest absolute Gasteiger partial charge is 0.356 e. The molecule has 0 aliphatic carbocycles. The third kappa shape index (κ3) is 11.9. The molecule has 0 saturated carbocycles. The van der Waals surface area contributed by atoms with Crippen LogP contribution in [0.3, 0.4) is 0 Å². The summed E-state index contributed by atoms with van der Waals surface area (Å²) in [6.45, 7) is 22.3. The molecule has 1 N–H and O–H groups in total. The highest BCUT2D eigenvalue weighted by molar-refractivity contribution is 6.18. The highest BCUT2D eigenvalue weighted by Gasteiger charge is 2.14. The van der Waals surface area contributed by atoms with Crippen molar-refractivity contribution in [1.29, 1.82) is 0 Å². The maximum Gasteiger partial charge on any atom is 0.0384 e. The van der Waals surface area contributed by atoms with Crippen molar-refractivity contribution in [2.45, 2.75) is 92.4 Å². The quantitative estimate of drug-likeness (QED) is 0.177. The van der Waals surface area contributed by atoms with Gasteiger partial charge < -0.3 is 5.32 Å². The Morgan fingerprint density at radius 1 is 0.439 bits per heavy atom. The summed E-state index contributed by atoms with van der Waals surface area (Å²) in [6, 6.07) is 62.3. The average molecular weight is 750 g/mol. The van der Waals surface area contributed by atoms with Crippen LogP contribution in [0.25, 0.3) is 32.3 Å². The van der Waals surface area contributed by atoms with Gasteiger partial charge in [-0.05, 0) is 116 Å². The molecule has 292 valence electrons. The molecule has 0 aliphatic heterocycles. The lowest BCUT2D eigenvalue weighted by atomic mass is 9.85. The van der Waals surface area contributed by atoms with Gasteiger partial charge in [0.15, 0.2) is 0 Å². The number of hydrogen-bond donors (Lipinski definition) is 1. The second kappa shape index (κ2) is 19.5. The van der Waals surface area contributed by atoms with Crippen molar-refractivity contribution >= 4 is 43.7 Å². The van der Waals surface area contributed by atoms with Crippen LogP contribution in [0.2, 0.25) is 0 Å². The number of fused-ring (bicyclic) bond motifs is 5. The summed E-state index contributed by atoms with van der Waals surface area (Å²) in [6.07, 6.45) is 1.22. The van der Waals surface area contributed by atoms with E-state index in [9.17, 15) is 0 Å². The minimum absolute atomic E-state index is 0.214. The smallest absolute Gasteiger partial charge is 0.0384 e. The van der Waals surface area contributed by atoms with Gasteiger partial charge in [-0.2, -0.15) is 0 Å². The molecule has 1 heteroatoms. The Hall–Kier alpha value is -5.66. The van der Waals surface area contributed by atoms with Crippen LogP contribution in [0.15, 0.2) is 176 Å². The molecule has 1 unspecified atom stereocenters. The SMILES string of the molecule is CC(C)(C)c1ccc(Nc2ccccc2)cc1.CCC(C)c1ccc(C(C)(C)C)cc1.Cc1cc2c3ccccc3ccc2c2ccccc12.Cc1ccccc1. The Bertz CT molecular complexity index is 2430. The third-order valence-corrected chi connectivity index (χ3v) is 10.7. The molecule has 0 fully saturated rings. The van der Waals surface area contributed by atoms with Gasteiger partial charge in [0.05, 0.1) is 0 Å². The number of benzene rings is 8. The summed E-state index contributed by atoms with van der Waals surface area (Å²) in [7, 11) is 0. The Kier molecular flexibility index (Phi) is 14.5. The maximum absolute atomic E-state index is 3.38. The van der Waals surface area contributed by atoms with Crippen molar-refractivity contribution in [3.63, 3.8) is 0 Å². The van der Waals surface area contributed by atoms with E-state index in [2.05, 4.69) is 214 Å². The van der Waals surface area contributed by atoms with Crippen LogP contribution in [0, 0.1) is 13.8 Å². The van der Waals surface area contributed by atoms with Gasteiger partial charge in [0.2, 0.25) is 0 Å². The number of aryl methyl sites for hydroxylation is 2. The van der Waals surface area contributed by atoms with E-state index in [0.717, 1.165) is 11.4 Å². The lowest BCUT2D eigenvalue weighted by Gasteiger charge is -2.20. The molecule has 8 aromatic carbocycles. The van der Waals surface area contributed by atoms with Crippen molar-refractivity contribution in [3.8, 4) is 0 Å². The summed E-state index contributed by atoms with van der Waals surface area (Å²) < 4.78 is 0. The predicted octanol–water partition coefficient (Wildman–Crippen LogP) is 16.7. The molecule has 0 saturated heterocycles. The number of anilines is 2. The molecule has 0 bridgehead atoms. The molecule has 0 amide bonds. The first kappa shape index (κ1) is 42.5. The van der Waals surface area contributed by atoms with Crippen molar-refractivity contribution in [1.82, 2.24) is 0 Å². The molecule has 0 aliphatic rings. The summed E-state index contributed by atoms with van der Waals surface area (Å²) in [5.74, 6) is 0.684. The number of hydrogen-bond acceptors (Lipinski definition) is 1. The zero-order chi connectivity index (χ0) is 41.0. The Morgan fingerprint density at radius 3 is 1.42 bits per heavy atom. The van der Waals surface area contributed by atoms with E-state index in [1.165, 1.54) is 66.6 Å². The molecule has 0 heterocycles. The minimum Gasteiger partial charge on any atom is -0.356 e. The van der Waals surface area contributed by atoms with Crippen LogP contribution < -0.4 is 5.32 Å². The van der Waals surface area contributed by atoms with E-state index >= 15 is 0 Å². The van der Waals surface area contributed by atoms with Crippen molar-refractivity contribution in [2.75, 3.05) is 5.32 Å². The van der Waals surface area contributed by atoms with Gasteiger partial charge in [-0.25, -0.2) is 0 Å². The van der Waals surface area contributed by atoms with Gasteiger partial charge in [0.25, 0.3) is 0 Å². The van der Waals surface area contributed by atoms with Gasteiger partial charge in [-0.1, -0.05) is 213 Å². The number of nitrogens with one attached hydrogen (secondary N) is 1. The topological polar surface area (TPSA) is 12.0 Å². The summed E-state index contributed by atoms with van der Waals surface area (Å²) in [4.78, 5) is 0. The molecule has 1 nitrogen and oxygen atoms in total. The van der Waals surface area contributed by atoms with E-state index in [4.69, 9.17) is 0 Å². The van der Waals surface area contributed by atoms with E-state index in [1.54, 1.807) is 0 Å². The van der Waals surface area contributed by atoms with Crippen LogP contribution in [0.4, 0.5) is 11.4 Å². The van der Waals surface area contributed by atoms with Crippen LogP contribution >= 0.6 is 0 Å². The van der Waals surface area contributed by atoms with Crippen molar-refractivity contribution < 1.29 is 0 Å². The summed E-state index contributed by atoms with van der Waals surface area (Å²) in [5, 5.41) is 11.4. The van der Waals surface area contributed by atoms with Gasteiger partial charge in [-0.3, -0.25) is 0 Å². The molecule has 1 atom stereocenters. The molecule has 0 spiro atoms. The minimum atomic E-state index is 0.214. The van der Waals surface area contributed by atoms with Crippen LogP contribution in [-0.2, 0) is 10.8 Å². The second-order valence-electron chi connectivity index (χ2n) is 17.3. The van der Waals surface area contributed by atoms with E-state index in [0.29, 0.717) is 5.92 Å². The van der Waals surface area contributed by atoms with E-state index < -0.39 is 0 Å². The number of para-hydroxylation sites is 1. The third-order valence-electron chi connectivity index (χ3n) is 10.7. The van der Waals surface area contributed by atoms with Crippen molar-refractivity contribution in [2.24, 2.45) is 0 Å². The molecule has 8 aromatic rings. The summed E-state index contributed by atoms with van der Waals surface area (Å²) in [5.41, 5.74) is 9.64. The second-order valence-corrected chi connectivity index (χ2v) is 17.3. The van der Waals surface area contributed by atoms with Gasteiger partial charge in [-0.15, -0.1) is 0 Å². The fourth-order valence-corrected chi connectivity index (χ4v) is 6.87. The van der Waals surface area contributed by atoms with Crippen molar-refractivity contribution in [3.05, 3.63) is 204 Å². The van der Waals surface area contributed by atoms with Crippen LogP contribution in [0.1, 0.15) is 95.5 Å². The Morgan fingerprint density at radius 2 is 0.895 bits per heavy atom. The fourth-order valence-electron chi connectivity index (χ4n) is 6.87. The lowest BCUT2D eigenvalue weighted by molar-refractivity contribution is 0.589. The Balaban J connectivity index is 0.000000152. The van der Waals surface area contributed by atoms with E-state index in [-0.39, 0.29) is 10.8 Å². The normalized spacial score (nSPS) is 11.7. The van der Waals surface area contributed by atoms with E-state index in [1.807, 2.05) is 36.4 Å². The first-order valence-corrected chi connectivity index (χ1v) is 20.6. The van der Waals surface area contributed by atoms with Gasteiger partial charge >= 0.3 is 0 Å². The maximum atomic E-state index is 3.38. The molecule has 57 heavy (non-hydrogen) atoms. The molecular formula is C56H63N. The zero-order valence-corrected chi connectivity index (χ0v) is 36.0. The standard InChI is InChI=1S/C19H14.C16H19N.C14H22.C7H8/c1-13-12-19-16-8-3-2-6-14(16)10-11-18(19)17-9-5-4-7-15(13)17;1-16(2,3)13-9-11-15(12-10-13)17-14-7-5-4-6-8-14;1-6-11(2)12-7-9-13(10-8-12)14(3,4)5;1-7-5-3-2-4-6-7/h2-12H,1H3;4-12,17H,1-3H3;7-11H,6H2,1-5H3;2-6H,1H3. The van der Waals surface area contributed by atoms with Gasteiger partial charge in [0.1, 0.15) is 0 Å². The monoisotopic (exact) mass is 749 g/mol. The molecule has 8 rings (SSSR count).